The van der Waals surface area contributed by atoms with Crippen molar-refractivity contribution in [2.24, 2.45) is 0 Å². The first-order chi connectivity index (χ1) is 8.78. The van der Waals surface area contributed by atoms with Gasteiger partial charge in [0.25, 0.3) is 0 Å². The lowest BCUT2D eigenvalue weighted by molar-refractivity contribution is 0.398. The lowest BCUT2D eigenvalue weighted by Gasteiger charge is -2.14. The Bertz CT molecular complexity index is 485. The minimum Gasteiger partial charge on any atom is -0.481 e. The quantitative estimate of drug-likeness (QED) is 0.874. The summed E-state index contributed by atoms with van der Waals surface area (Å²) in [5, 5.41) is 3.37. The molecular formula is C15H18N2O. The number of pyridine rings is 1. The van der Waals surface area contributed by atoms with Crippen molar-refractivity contribution < 1.29 is 4.74 Å². The van der Waals surface area contributed by atoms with Gasteiger partial charge in [0.2, 0.25) is 5.88 Å². The Kier molecular flexibility index (Phi) is 4.18. The average Bonchev–Trinajstić information content (AvgIpc) is 2.40. The molecule has 1 N–H and O–H groups in total. The molecule has 1 aromatic carbocycles. The molecule has 0 bridgehead atoms. The van der Waals surface area contributed by atoms with E-state index in [0.29, 0.717) is 11.9 Å². The van der Waals surface area contributed by atoms with Crippen molar-refractivity contribution in [2.45, 2.75) is 19.4 Å². The minimum absolute atomic E-state index is 0.326. The van der Waals surface area contributed by atoms with Crippen LogP contribution in [0, 0.1) is 0 Å². The largest absolute Gasteiger partial charge is 0.481 e. The van der Waals surface area contributed by atoms with E-state index < -0.39 is 0 Å². The Morgan fingerprint density at radius 1 is 1.11 bits per heavy atom. The molecule has 0 fully saturated rings. The highest BCUT2D eigenvalue weighted by Gasteiger charge is 2.04. The van der Waals surface area contributed by atoms with Crippen LogP contribution in [0.15, 0.2) is 48.5 Å². The molecule has 0 saturated carbocycles. The van der Waals surface area contributed by atoms with Gasteiger partial charge in [0.1, 0.15) is 5.82 Å². The number of rotatable bonds is 5. The lowest BCUT2D eigenvalue weighted by Crippen LogP contribution is -2.18. The zero-order valence-corrected chi connectivity index (χ0v) is 10.8. The third-order valence-electron chi connectivity index (χ3n) is 2.71. The van der Waals surface area contributed by atoms with E-state index in [2.05, 4.69) is 41.5 Å². The summed E-state index contributed by atoms with van der Waals surface area (Å²) in [4.78, 5) is 4.34. The van der Waals surface area contributed by atoms with Crippen LogP contribution in [0.25, 0.3) is 0 Å². The molecule has 94 valence electrons. The SMILES string of the molecule is COc1cccc(NC(C)Cc2ccccc2)n1. The smallest absolute Gasteiger partial charge is 0.214 e. The van der Waals surface area contributed by atoms with Crippen LogP contribution >= 0.6 is 0 Å². The Hall–Kier alpha value is -2.03. The first kappa shape index (κ1) is 12.4. The highest BCUT2D eigenvalue weighted by atomic mass is 16.5. The maximum absolute atomic E-state index is 5.10. The van der Waals surface area contributed by atoms with Gasteiger partial charge < -0.3 is 10.1 Å². The van der Waals surface area contributed by atoms with Gasteiger partial charge in [-0.1, -0.05) is 36.4 Å². The number of nitrogens with zero attached hydrogens (tertiary/aromatic N) is 1. The highest BCUT2D eigenvalue weighted by Crippen LogP contribution is 2.13. The van der Waals surface area contributed by atoms with Crippen LogP contribution in [-0.2, 0) is 6.42 Å². The number of nitrogens with one attached hydrogen (secondary N) is 1. The molecule has 1 atom stereocenters. The van der Waals surface area contributed by atoms with E-state index in [1.807, 2.05) is 24.3 Å². The zero-order valence-electron chi connectivity index (χ0n) is 10.8. The normalized spacial score (nSPS) is 11.9. The third kappa shape index (κ3) is 3.48. The second kappa shape index (κ2) is 6.05. The second-order valence-electron chi connectivity index (χ2n) is 4.30. The van der Waals surface area contributed by atoms with Crippen molar-refractivity contribution in [3.8, 4) is 5.88 Å². The number of anilines is 1. The Morgan fingerprint density at radius 3 is 2.61 bits per heavy atom. The van der Waals surface area contributed by atoms with Gasteiger partial charge in [0.15, 0.2) is 0 Å². The van der Waals surface area contributed by atoms with Crippen molar-refractivity contribution in [1.82, 2.24) is 4.98 Å². The molecular weight excluding hydrogens is 224 g/mol. The van der Waals surface area contributed by atoms with Gasteiger partial charge >= 0.3 is 0 Å². The van der Waals surface area contributed by atoms with Crippen molar-refractivity contribution in [3.63, 3.8) is 0 Å². The Balaban J connectivity index is 1.96. The molecule has 2 aromatic rings. The molecule has 0 amide bonds. The summed E-state index contributed by atoms with van der Waals surface area (Å²) in [6.45, 7) is 2.15. The Labute approximate surface area is 108 Å². The monoisotopic (exact) mass is 242 g/mol. The van der Waals surface area contributed by atoms with E-state index in [-0.39, 0.29) is 0 Å². The van der Waals surface area contributed by atoms with Crippen LogP contribution in [0.1, 0.15) is 12.5 Å². The standard InChI is InChI=1S/C15H18N2O/c1-12(11-13-7-4-3-5-8-13)16-14-9-6-10-15(17-14)18-2/h3-10,12H,11H2,1-2H3,(H,16,17). The number of hydrogen-bond donors (Lipinski definition) is 1. The van der Waals surface area contributed by atoms with Crippen LogP contribution in [-0.4, -0.2) is 18.1 Å². The average molecular weight is 242 g/mol. The van der Waals surface area contributed by atoms with Crippen molar-refractivity contribution >= 4 is 5.82 Å². The van der Waals surface area contributed by atoms with Crippen molar-refractivity contribution in [1.29, 1.82) is 0 Å². The topological polar surface area (TPSA) is 34.1 Å². The summed E-state index contributed by atoms with van der Waals surface area (Å²) in [6, 6.07) is 16.5. The summed E-state index contributed by atoms with van der Waals surface area (Å²) >= 11 is 0. The van der Waals surface area contributed by atoms with Gasteiger partial charge in [0.05, 0.1) is 7.11 Å². The maximum atomic E-state index is 5.10. The summed E-state index contributed by atoms with van der Waals surface area (Å²) in [5.41, 5.74) is 1.32. The number of hydrogen-bond acceptors (Lipinski definition) is 3. The molecule has 0 aliphatic heterocycles. The number of methoxy groups -OCH3 is 1. The minimum atomic E-state index is 0.326. The van der Waals surface area contributed by atoms with Gasteiger partial charge in [-0.3, -0.25) is 0 Å². The first-order valence-corrected chi connectivity index (χ1v) is 6.09. The first-order valence-electron chi connectivity index (χ1n) is 6.09. The summed E-state index contributed by atoms with van der Waals surface area (Å²) < 4.78 is 5.10. The molecule has 2 rings (SSSR count). The molecule has 3 heteroatoms. The van der Waals surface area contributed by atoms with Crippen LogP contribution in [0.5, 0.6) is 5.88 Å². The van der Waals surface area contributed by atoms with E-state index >= 15 is 0 Å². The fraction of sp³-hybridized carbons (Fsp3) is 0.267. The third-order valence-corrected chi connectivity index (χ3v) is 2.71. The fourth-order valence-electron chi connectivity index (χ4n) is 1.88. The van der Waals surface area contributed by atoms with Crippen LogP contribution in [0.2, 0.25) is 0 Å². The number of aromatic nitrogens is 1. The van der Waals surface area contributed by atoms with Gasteiger partial charge in [-0.05, 0) is 25.0 Å². The second-order valence-corrected chi connectivity index (χ2v) is 4.30. The molecule has 1 aromatic heterocycles. The number of ether oxygens (including phenoxy) is 1. The van der Waals surface area contributed by atoms with Crippen LogP contribution in [0.3, 0.4) is 0 Å². The molecule has 3 nitrogen and oxygen atoms in total. The van der Waals surface area contributed by atoms with E-state index in [9.17, 15) is 0 Å². The predicted octanol–water partition coefficient (Wildman–Crippen LogP) is 3.13. The lowest BCUT2D eigenvalue weighted by atomic mass is 10.1. The Morgan fingerprint density at radius 2 is 1.89 bits per heavy atom. The van der Waals surface area contributed by atoms with Crippen LogP contribution in [0.4, 0.5) is 5.82 Å². The van der Waals surface area contributed by atoms with E-state index in [1.54, 1.807) is 7.11 Å². The van der Waals surface area contributed by atoms with Crippen molar-refractivity contribution in [2.75, 3.05) is 12.4 Å². The van der Waals surface area contributed by atoms with Gasteiger partial charge in [-0.2, -0.15) is 4.98 Å². The summed E-state index contributed by atoms with van der Waals surface area (Å²) in [7, 11) is 1.62. The number of benzene rings is 1. The summed E-state index contributed by atoms with van der Waals surface area (Å²) in [6.07, 6.45) is 0.972. The van der Waals surface area contributed by atoms with Crippen LogP contribution < -0.4 is 10.1 Å². The zero-order chi connectivity index (χ0) is 12.8. The summed E-state index contributed by atoms with van der Waals surface area (Å²) in [5.74, 6) is 1.48. The van der Waals surface area contributed by atoms with Crippen molar-refractivity contribution in [3.05, 3.63) is 54.1 Å². The predicted molar refractivity (Wildman–Crippen MR) is 74.0 cm³/mol. The molecule has 0 radical (unpaired) electrons. The van der Waals surface area contributed by atoms with E-state index in [0.717, 1.165) is 12.2 Å². The molecule has 18 heavy (non-hydrogen) atoms. The highest BCUT2D eigenvalue weighted by molar-refractivity contribution is 5.38. The van der Waals surface area contributed by atoms with Gasteiger partial charge in [-0.25, -0.2) is 0 Å². The van der Waals surface area contributed by atoms with E-state index in [1.165, 1.54) is 5.56 Å². The molecule has 0 aliphatic rings. The van der Waals surface area contributed by atoms with Gasteiger partial charge in [-0.15, -0.1) is 0 Å². The fourth-order valence-corrected chi connectivity index (χ4v) is 1.88. The van der Waals surface area contributed by atoms with Gasteiger partial charge in [0, 0.05) is 12.1 Å². The molecule has 1 heterocycles. The maximum Gasteiger partial charge on any atom is 0.214 e. The molecule has 0 spiro atoms. The molecule has 0 saturated heterocycles. The van der Waals surface area contributed by atoms with E-state index in [4.69, 9.17) is 4.74 Å². The molecule has 0 aliphatic carbocycles. The molecule has 1 unspecified atom stereocenters.